The Labute approximate surface area is 71.6 Å². The van der Waals surface area contributed by atoms with Crippen LogP contribution in [0.15, 0.2) is 10.9 Å². The van der Waals surface area contributed by atoms with Crippen molar-refractivity contribution in [2.24, 2.45) is 11.7 Å². The third-order valence-electron chi connectivity index (χ3n) is 1.39. The van der Waals surface area contributed by atoms with Crippen molar-refractivity contribution < 1.29 is 4.52 Å². The van der Waals surface area contributed by atoms with Crippen molar-refractivity contribution in [3.63, 3.8) is 0 Å². The molecule has 64 valence electrons. The molecule has 0 radical (unpaired) electrons. The van der Waals surface area contributed by atoms with Crippen molar-refractivity contribution in [2.45, 2.75) is 19.9 Å². The Morgan fingerprint density at radius 1 is 1.55 bits per heavy atom. The standard InChI is InChI=1S/C6H11N3O.ClH/c1-4(2)5(7)6-8-3-10-9-6;/h3-5H,7H2,1-2H3;1H. The Morgan fingerprint density at radius 2 is 2.18 bits per heavy atom. The van der Waals surface area contributed by atoms with Crippen LogP contribution in [0.25, 0.3) is 0 Å². The first kappa shape index (κ1) is 10.4. The number of nitrogens with zero attached hydrogens (tertiary/aromatic N) is 2. The van der Waals surface area contributed by atoms with Gasteiger partial charge in [0.25, 0.3) is 0 Å². The summed E-state index contributed by atoms with van der Waals surface area (Å²) < 4.78 is 4.54. The molecule has 11 heavy (non-hydrogen) atoms. The van der Waals surface area contributed by atoms with Gasteiger partial charge in [-0.05, 0) is 5.92 Å². The predicted molar refractivity (Wildman–Crippen MR) is 43.3 cm³/mol. The number of halogens is 1. The molecule has 0 aliphatic rings. The molecule has 1 aromatic rings. The molecule has 1 unspecified atom stereocenters. The third kappa shape index (κ3) is 2.48. The lowest BCUT2D eigenvalue weighted by molar-refractivity contribution is 0.391. The maximum absolute atomic E-state index is 5.70. The summed E-state index contributed by atoms with van der Waals surface area (Å²) in [5.41, 5.74) is 5.70. The van der Waals surface area contributed by atoms with E-state index < -0.39 is 0 Å². The summed E-state index contributed by atoms with van der Waals surface area (Å²) >= 11 is 0. The summed E-state index contributed by atoms with van der Waals surface area (Å²) in [6.45, 7) is 4.03. The van der Waals surface area contributed by atoms with E-state index in [-0.39, 0.29) is 18.4 Å². The van der Waals surface area contributed by atoms with Crippen LogP contribution >= 0.6 is 12.4 Å². The maximum atomic E-state index is 5.70. The Balaban J connectivity index is 0.000001000. The van der Waals surface area contributed by atoms with Crippen LogP contribution in [-0.4, -0.2) is 10.1 Å². The molecular weight excluding hydrogens is 166 g/mol. The Hall–Kier alpha value is -0.610. The van der Waals surface area contributed by atoms with Gasteiger partial charge in [0.15, 0.2) is 5.82 Å². The van der Waals surface area contributed by atoms with Crippen molar-refractivity contribution in [1.82, 2.24) is 10.1 Å². The first-order valence-corrected chi connectivity index (χ1v) is 3.23. The molecule has 4 nitrogen and oxygen atoms in total. The minimum absolute atomic E-state index is 0. The first-order chi connectivity index (χ1) is 4.72. The number of rotatable bonds is 2. The van der Waals surface area contributed by atoms with Gasteiger partial charge in [-0.2, -0.15) is 4.98 Å². The van der Waals surface area contributed by atoms with Gasteiger partial charge in [-0.3, -0.25) is 0 Å². The smallest absolute Gasteiger partial charge is 0.213 e. The molecule has 1 atom stereocenters. The number of hydrogen-bond acceptors (Lipinski definition) is 4. The second-order valence-corrected chi connectivity index (χ2v) is 2.56. The fourth-order valence-electron chi connectivity index (χ4n) is 0.624. The summed E-state index contributed by atoms with van der Waals surface area (Å²) in [4.78, 5) is 3.83. The van der Waals surface area contributed by atoms with Gasteiger partial charge < -0.3 is 10.3 Å². The van der Waals surface area contributed by atoms with Gasteiger partial charge in [0, 0.05) is 0 Å². The van der Waals surface area contributed by atoms with Crippen molar-refractivity contribution >= 4 is 12.4 Å². The highest BCUT2D eigenvalue weighted by Crippen LogP contribution is 2.13. The van der Waals surface area contributed by atoms with E-state index in [1.807, 2.05) is 13.8 Å². The predicted octanol–water partition coefficient (Wildman–Crippen LogP) is 1.15. The summed E-state index contributed by atoms with van der Waals surface area (Å²) in [7, 11) is 0. The summed E-state index contributed by atoms with van der Waals surface area (Å²) in [5.74, 6) is 0.924. The molecule has 0 amide bonds. The van der Waals surface area contributed by atoms with Crippen LogP contribution in [0.2, 0.25) is 0 Å². The summed E-state index contributed by atoms with van der Waals surface area (Å²) in [6, 6.07) is -0.112. The minimum Gasteiger partial charge on any atom is -0.343 e. The minimum atomic E-state index is -0.112. The average molecular weight is 178 g/mol. The molecular formula is C6H12ClN3O. The molecule has 0 fully saturated rings. The van der Waals surface area contributed by atoms with Crippen LogP contribution in [0.3, 0.4) is 0 Å². The van der Waals surface area contributed by atoms with Gasteiger partial charge in [-0.25, -0.2) is 0 Å². The molecule has 0 aliphatic heterocycles. The second-order valence-electron chi connectivity index (χ2n) is 2.56. The Bertz CT molecular complexity index is 188. The van der Waals surface area contributed by atoms with E-state index in [4.69, 9.17) is 5.73 Å². The fourth-order valence-corrected chi connectivity index (χ4v) is 0.624. The van der Waals surface area contributed by atoms with Crippen LogP contribution in [-0.2, 0) is 0 Å². The monoisotopic (exact) mass is 177 g/mol. The van der Waals surface area contributed by atoms with Crippen LogP contribution in [0.4, 0.5) is 0 Å². The molecule has 0 saturated heterocycles. The second kappa shape index (κ2) is 4.31. The van der Waals surface area contributed by atoms with Crippen LogP contribution in [0, 0.1) is 5.92 Å². The van der Waals surface area contributed by atoms with E-state index in [0.717, 1.165) is 0 Å². The maximum Gasteiger partial charge on any atom is 0.213 e. The van der Waals surface area contributed by atoms with E-state index in [0.29, 0.717) is 11.7 Å². The summed E-state index contributed by atoms with van der Waals surface area (Å²) in [5, 5.41) is 3.63. The third-order valence-corrected chi connectivity index (χ3v) is 1.39. The Morgan fingerprint density at radius 3 is 2.55 bits per heavy atom. The lowest BCUT2D eigenvalue weighted by Crippen LogP contribution is -2.17. The molecule has 1 aromatic heterocycles. The largest absolute Gasteiger partial charge is 0.343 e. The molecule has 5 heteroatoms. The van der Waals surface area contributed by atoms with E-state index in [1.165, 1.54) is 6.39 Å². The molecule has 0 bridgehead atoms. The van der Waals surface area contributed by atoms with Gasteiger partial charge in [-0.15, -0.1) is 12.4 Å². The van der Waals surface area contributed by atoms with Crippen molar-refractivity contribution in [2.75, 3.05) is 0 Å². The molecule has 0 spiro atoms. The fraction of sp³-hybridized carbons (Fsp3) is 0.667. The molecule has 1 rings (SSSR count). The average Bonchev–Trinajstić information content (AvgIpc) is 2.36. The molecule has 0 aliphatic carbocycles. The zero-order chi connectivity index (χ0) is 7.56. The normalized spacial score (nSPS) is 12.7. The zero-order valence-corrected chi connectivity index (χ0v) is 7.34. The molecule has 1 heterocycles. The summed E-state index contributed by atoms with van der Waals surface area (Å²) in [6.07, 6.45) is 1.29. The van der Waals surface area contributed by atoms with Crippen molar-refractivity contribution in [3.8, 4) is 0 Å². The van der Waals surface area contributed by atoms with E-state index in [9.17, 15) is 0 Å². The molecule has 0 aromatic carbocycles. The van der Waals surface area contributed by atoms with Crippen LogP contribution in [0.5, 0.6) is 0 Å². The highest BCUT2D eigenvalue weighted by molar-refractivity contribution is 5.85. The van der Waals surface area contributed by atoms with Crippen molar-refractivity contribution in [1.29, 1.82) is 0 Å². The lowest BCUT2D eigenvalue weighted by Gasteiger charge is -2.09. The highest BCUT2D eigenvalue weighted by Gasteiger charge is 2.13. The van der Waals surface area contributed by atoms with Gasteiger partial charge in [-0.1, -0.05) is 19.0 Å². The highest BCUT2D eigenvalue weighted by atomic mass is 35.5. The number of nitrogens with two attached hydrogens (primary N) is 1. The SMILES string of the molecule is CC(C)C(N)c1ncon1.Cl. The van der Waals surface area contributed by atoms with Gasteiger partial charge in [0.2, 0.25) is 6.39 Å². The van der Waals surface area contributed by atoms with Crippen LogP contribution in [0.1, 0.15) is 25.7 Å². The van der Waals surface area contributed by atoms with Gasteiger partial charge in [0.1, 0.15) is 0 Å². The van der Waals surface area contributed by atoms with E-state index >= 15 is 0 Å². The van der Waals surface area contributed by atoms with Gasteiger partial charge in [0.05, 0.1) is 6.04 Å². The molecule has 2 N–H and O–H groups in total. The topological polar surface area (TPSA) is 64.9 Å². The molecule has 0 saturated carbocycles. The van der Waals surface area contributed by atoms with E-state index in [1.54, 1.807) is 0 Å². The van der Waals surface area contributed by atoms with Gasteiger partial charge >= 0.3 is 0 Å². The Kier molecular flexibility index (Phi) is 4.07. The van der Waals surface area contributed by atoms with Crippen molar-refractivity contribution in [3.05, 3.63) is 12.2 Å². The van der Waals surface area contributed by atoms with E-state index in [2.05, 4.69) is 14.7 Å². The zero-order valence-electron chi connectivity index (χ0n) is 6.52. The van der Waals surface area contributed by atoms with Crippen LogP contribution < -0.4 is 5.73 Å². The quantitative estimate of drug-likeness (QED) is 0.736. The number of aromatic nitrogens is 2. The number of hydrogen-bond donors (Lipinski definition) is 1. The lowest BCUT2D eigenvalue weighted by atomic mass is 10.1. The first-order valence-electron chi connectivity index (χ1n) is 3.23.